The fraction of sp³-hybridized carbons (Fsp3) is 0.636. The zero-order valence-corrected chi connectivity index (χ0v) is 8.61. The van der Waals surface area contributed by atoms with E-state index in [1.807, 2.05) is 0 Å². The third-order valence-corrected chi connectivity index (χ3v) is 3.16. The van der Waals surface area contributed by atoms with Crippen molar-refractivity contribution >= 4 is 6.21 Å². The first-order chi connectivity index (χ1) is 6.86. The molecule has 14 heavy (non-hydrogen) atoms. The third kappa shape index (κ3) is 1.27. The minimum Gasteiger partial charge on any atom is -0.253 e. The van der Waals surface area contributed by atoms with E-state index in [9.17, 15) is 0 Å². The first-order valence-corrected chi connectivity index (χ1v) is 5.51. The summed E-state index contributed by atoms with van der Waals surface area (Å²) in [7, 11) is 0. The van der Waals surface area contributed by atoms with Gasteiger partial charge < -0.3 is 0 Å². The average Bonchev–Trinajstić information content (AvgIpc) is 2.97. The summed E-state index contributed by atoms with van der Waals surface area (Å²) in [6, 6.07) is 2.30. The van der Waals surface area contributed by atoms with E-state index >= 15 is 0 Å². The molecule has 1 aromatic heterocycles. The van der Waals surface area contributed by atoms with Crippen LogP contribution in [0.2, 0.25) is 0 Å². The Bertz CT molecular complexity index is 385. The summed E-state index contributed by atoms with van der Waals surface area (Å²) in [5, 5.41) is 4.64. The van der Waals surface area contributed by atoms with Gasteiger partial charge in [0.25, 0.3) is 0 Å². The summed E-state index contributed by atoms with van der Waals surface area (Å²) in [5.41, 5.74) is 2.71. The molecule has 3 nitrogen and oxygen atoms in total. The normalized spacial score (nSPS) is 20.5. The second-order valence-corrected chi connectivity index (χ2v) is 4.26. The van der Waals surface area contributed by atoms with E-state index in [1.54, 1.807) is 0 Å². The van der Waals surface area contributed by atoms with Crippen molar-refractivity contribution in [2.75, 3.05) is 6.54 Å². The lowest BCUT2D eigenvalue weighted by molar-refractivity contribution is -0.540. The van der Waals surface area contributed by atoms with Crippen molar-refractivity contribution in [3.05, 3.63) is 17.5 Å². The highest BCUT2D eigenvalue weighted by Gasteiger charge is 2.28. The van der Waals surface area contributed by atoms with Crippen LogP contribution in [0.15, 0.2) is 6.07 Å². The van der Waals surface area contributed by atoms with E-state index in [-0.39, 0.29) is 0 Å². The van der Waals surface area contributed by atoms with E-state index < -0.39 is 0 Å². The topological polar surface area (TPSA) is 20.8 Å². The zero-order chi connectivity index (χ0) is 9.54. The SMILES string of the molecule is CC[N+]1=CCn2nc(C3CC3)cc2C1. The molecule has 1 fully saturated rings. The molecule has 0 radical (unpaired) electrons. The summed E-state index contributed by atoms with van der Waals surface area (Å²) < 4.78 is 4.51. The van der Waals surface area contributed by atoms with Gasteiger partial charge in [-0.15, -0.1) is 0 Å². The molecule has 1 aromatic rings. The largest absolute Gasteiger partial charge is 0.253 e. The van der Waals surface area contributed by atoms with Gasteiger partial charge in [-0.25, -0.2) is 4.58 Å². The van der Waals surface area contributed by atoms with Crippen molar-refractivity contribution in [3.63, 3.8) is 0 Å². The quantitative estimate of drug-likeness (QED) is 0.645. The van der Waals surface area contributed by atoms with Gasteiger partial charge in [0.2, 0.25) is 0 Å². The van der Waals surface area contributed by atoms with Gasteiger partial charge in [-0.3, -0.25) is 4.68 Å². The van der Waals surface area contributed by atoms with Crippen LogP contribution in [0.1, 0.15) is 37.1 Å². The number of hydrogen-bond donors (Lipinski definition) is 0. The van der Waals surface area contributed by atoms with Gasteiger partial charge in [-0.2, -0.15) is 5.10 Å². The average molecular weight is 190 g/mol. The van der Waals surface area contributed by atoms with Crippen molar-refractivity contribution in [2.45, 2.75) is 38.8 Å². The van der Waals surface area contributed by atoms with Crippen molar-refractivity contribution < 1.29 is 4.58 Å². The molecule has 1 aliphatic heterocycles. The van der Waals surface area contributed by atoms with Crippen molar-refractivity contribution in [3.8, 4) is 0 Å². The van der Waals surface area contributed by atoms with Crippen LogP contribution in [0.4, 0.5) is 0 Å². The molecule has 0 saturated heterocycles. The molecule has 0 bridgehead atoms. The molecule has 0 amide bonds. The highest BCUT2D eigenvalue weighted by atomic mass is 15.3. The van der Waals surface area contributed by atoms with E-state index in [2.05, 4.69) is 33.6 Å². The maximum absolute atomic E-state index is 4.64. The summed E-state index contributed by atoms with van der Waals surface area (Å²) in [6.45, 7) is 5.29. The minimum atomic E-state index is 0.781. The Morgan fingerprint density at radius 1 is 1.57 bits per heavy atom. The number of hydrogen-bond acceptors (Lipinski definition) is 1. The fourth-order valence-electron chi connectivity index (χ4n) is 2.05. The van der Waals surface area contributed by atoms with Crippen LogP contribution < -0.4 is 0 Å². The molecule has 2 heterocycles. The molecule has 1 aliphatic carbocycles. The summed E-state index contributed by atoms with van der Waals surface area (Å²) in [5.74, 6) is 0.781. The van der Waals surface area contributed by atoms with Crippen LogP contribution in [-0.4, -0.2) is 27.1 Å². The molecule has 0 aromatic carbocycles. The number of nitrogens with zero attached hydrogens (tertiary/aromatic N) is 3. The van der Waals surface area contributed by atoms with Crippen molar-refractivity contribution in [1.82, 2.24) is 9.78 Å². The maximum atomic E-state index is 4.64. The fourth-order valence-corrected chi connectivity index (χ4v) is 2.05. The van der Waals surface area contributed by atoms with Gasteiger partial charge in [-0.05, 0) is 25.8 Å². The van der Waals surface area contributed by atoms with Gasteiger partial charge >= 0.3 is 0 Å². The lowest BCUT2D eigenvalue weighted by Gasteiger charge is -2.08. The molecule has 2 aliphatic rings. The molecule has 0 unspecified atom stereocenters. The highest BCUT2D eigenvalue weighted by molar-refractivity contribution is 5.52. The Hall–Kier alpha value is -1.12. The standard InChI is InChI=1S/C11H16N3/c1-2-13-5-6-14-10(8-13)7-11(12-14)9-3-4-9/h5,7,9H,2-4,6,8H2,1H3/q+1. The monoisotopic (exact) mass is 190 g/mol. The lowest BCUT2D eigenvalue weighted by atomic mass is 10.2. The second-order valence-electron chi connectivity index (χ2n) is 4.26. The molecule has 1 saturated carbocycles. The van der Waals surface area contributed by atoms with E-state index in [0.717, 1.165) is 25.6 Å². The molecule has 0 atom stereocenters. The number of rotatable bonds is 2. The molecule has 3 rings (SSSR count). The molecular weight excluding hydrogens is 174 g/mol. The van der Waals surface area contributed by atoms with Crippen LogP contribution in [0, 0.1) is 0 Å². The lowest BCUT2D eigenvalue weighted by Crippen LogP contribution is -2.24. The number of fused-ring (bicyclic) bond motifs is 1. The van der Waals surface area contributed by atoms with Gasteiger partial charge in [0, 0.05) is 5.92 Å². The van der Waals surface area contributed by atoms with E-state index in [0.29, 0.717) is 0 Å². The predicted octanol–water partition coefficient (Wildman–Crippen LogP) is 1.38. The van der Waals surface area contributed by atoms with Gasteiger partial charge in [0.15, 0.2) is 12.8 Å². The molecule has 74 valence electrons. The zero-order valence-electron chi connectivity index (χ0n) is 8.61. The third-order valence-electron chi connectivity index (χ3n) is 3.16. The van der Waals surface area contributed by atoms with Crippen LogP contribution >= 0.6 is 0 Å². The van der Waals surface area contributed by atoms with Gasteiger partial charge in [0.05, 0.1) is 5.69 Å². The van der Waals surface area contributed by atoms with Crippen LogP contribution in [0.5, 0.6) is 0 Å². The summed E-state index contributed by atoms with van der Waals surface area (Å²) in [6.07, 6.45) is 4.94. The Balaban J connectivity index is 1.88. The molecule has 0 N–H and O–H groups in total. The van der Waals surface area contributed by atoms with Crippen LogP contribution in [0.3, 0.4) is 0 Å². The minimum absolute atomic E-state index is 0.781. The van der Waals surface area contributed by atoms with E-state index in [1.165, 1.54) is 24.2 Å². The number of aromatic nitrogens is 2. The maximum Gasteiger partial charge on any atom is 0.184 e. The molecule has 3 heteroatoms. The Labute approximate surface area is 84.1 Å². The van der Waals surface area contributed by atoms with Crippen LogP contribution in [0.25, 0.3) is 0 Å². The predicted molar refractivity (Wildman–Crippen MR) is 54.8 cm³/mol. The molecular formula is C11H16N3+. The first-order valence-electron chi connectivity index (χ1n) is 5.51. The summed E-state index contributed by atoms with van der Waals surface area (Å²) >= 11 is 0. The molecule has 0 spiro atoms. The van der Waals surface area contributed by atoms with Crippen molar-refractivity contribution in [1.29, 1.82) is 0 Å². The summed E-state index contributed by atoms with van der Waals surface area (Å²) in [4.78, 5) is 0. The highest BCUT2D eigenvalue weighted by Crippen LogP contribution is 2.39. The smallest absolute Gasteiger partial charge is 0.184 e. The Kier molecular flexibility index (Phi) is 1.72. The van der Waals surface area contributed by atoms with Crippen LogP contribution in [-0.2, 0) is 13.1 Å². The van der Waals surface area contributed by atoms with E-state index in [4.69, 9.17) is 0 Å². The first kappa shape index (κ1) is 8.21. The Morgan fingerprint density at radius 3 is 3.14 bits per heavy atom. The van der Waals surface area contributed by atoms with Crippen molar-refractivity contribution in [2.24, 2.45) is 0 Å². The Morgan fingerprint density at radius 2 is 2.43 bits per heavy atom. The second kappa shape index (κ2) is 2.94. The van der Waals surface area contributed by atoms with Gasteiger partial charge in [-0.1, -0.05) is 0 Å². The van der Waals surface area contributed by atoms with Gasteiger partial charge in [0.1, 0.15) is 18.8 Å².